The van der Waals surface area contributed by atoms with Gasteiger partial charge in [-0.1, -0.05) is 54.3 Å². The Bertz CT molecular complexity index is 884. The molecule has 1 amide bonds. The van der Waals surface area contributed by atoms with Crippen LogP contribution in [0.2, 0.25) is 0 Å². The third-order valence-corrected chi connectivity index (χ3v) is 5.42. The van der Waals surface area contributed by atoms with E-state index in [0.717, 1.165) is 22.2 Å². The lowest BCUT2D eigenvalue weighted by atomic mass is 10.0. The number of ether oxygens (including phenoxy) is 1. The summed E-state index contributed by atoms with van der Waals surface area (Å²) < 4.78 is 5.06. The van der Waals surface area contributed by atoms with Crippen LogP contribution in [-0.4, -0.2) is 62.1 Å². The highest BCUT2D eigenvalue weighted by Crippen LogP contribution is 2.33. The van der Waals surface area contributed by atoms with Crippen molar-refractivity contribution in [2.24, 2.45) is 5.10 Å². The lowest BCUT2D eigenvalue weighted by Gasteiger charge is -2.16. The zero-order valence-electron chi connectivity index (χ0n) is 14.9. The Morgan fingerprint density at radius 1 is 1.39 bits per heavy atom. The lowest BCUT2D eigenvalue weighted by molar-refractivity contribution is -0.145. The molecule has 0 aliphatic carbocycles. The van der Waals surface area contributed by atoms with Crippen molar-refractivity contribution in [2.75, 3.05) is 13.2 Å². The van der Waals surface area contributed by atoms with E-state index in [1.165, 1.54) is 11.2 Å². The molecular formula is C18H17N3O5S2. The maximum absolute atomic E-state index is 12.6. The van der Waals surface area contributed by atoms with Gasteiger partial charge in [0, 0.05) is 12.6 Å². The van der Waals surface area contributed by atoms with Gasteiger partial charge in [-0.2, -0.15) is 5.10 Å². The fraction of sp³-hybridized carbons (Fsp3) is 0.278. The molecule has 2 heterocycles. The molecule has 0 aromatic heterocycles. The predicted octanol–water partition coefficient (Wildman–Crippen LogP) is 1.81. The topological polar surface area (TPSA) is 99.5 Å². The van der Waals surface area contributed by atoms with E-state index in [-0.39, 0.29) is 28.8 Å². The summed E-state index contributed by atoms with van der Waals surface area (Å²) in [5.74, 6) is -2.09. The Balaban J connectivity index is 1.83. The van der Waals surface area contributed by atoms with Crippen molar-refractivity contribution in [1.29, 1.82) is 0 Å². The van der Waals surface area contributed by atoms with Crippen LogP contribution < -0.4 is 0 Å². The molecule has 0 spiro atoms. The van der Waals surface area contributed by atoms with Crippen molar-refractivity contribution in [2.45, 2.75) is 19.4 Å². The summed E-state index contributed by atoms with van der Waals surface area (Å²) in [7, 11) is 0. The van der Waals surface area contributed by atoms with Gasteiger partial charge in [0.05, 0.1) is 17.2 Å². The minimum Gasteiger partial charge on any atom is -0.480 e. The molecule has 1 aromatic rings. The zero-order chi connectivity index (χ0) is 20.3. The maximum Gasteiger partial charge on any atom is 0.328 e. The van der Waals surface area contributed by atoms with E-state index in [1.807, 2.05) is 30.3 Å². The number of hydrogen-bond acceptors (Lipinski definition) is 8. The Labute approximate surface area is 170 Å². The Morgan fingerprint density at radius 2 is 2.11 bits per heavy atom. The Hall–Kier alpha value is -2.72. The summed E-state index contributed by atoms with van der Waals surface area (Å²) in [6.45, 7) is 1.59. The zero-order valence-corrected chi connectivity index (χ0v) is 16.5. The molecule has 0 unspecified atom stereocenters. The highest BCUT2D eigenvalue weighted by atomic mass is 32.2. The largest absolute Gasteiger partial charge is 0.480 e. The number of hydrazone groups is 1. The number of benzene rings is 1. The molecule has 2 aliphatic heterocycles. The second-order valence-corrected chi connectivity index (χ2v) is 7.58. The van der Waals surface area contributed by atoms with Crippen LogP contribution in [-0.2, 0) is 19.1 Å². The van der Waals surface area contributed by atoms with Gasteiger partial charge in [0.25, 0.3) is 5.91 Å². The van der Waals surface area contributed by atoms with Crippen LogP contribution in [0.25, 0.3) is 0 Å². The summed E-state index contributed by atoms with van der Waals surface area (Å²) in [5, 5.41) is 15.2. The van der Waals surface area contributed by atoms with E-state index >= 15 is 0 Å². The molecular weight excluding hydrogens is 402 g/mol. The molecule has 1 atom stereocenters. The van der Waals surface area contributed by atoms with Crippen LogP contribution in [0.4, 0.5) is 0 Å². The highest BCUT2D eigenvalue weighted by molar-refractivity contribution is 8.26. The quantitative estimate of drug-likeness (QED) is 0.423. The molecule has 1 saturated heterocycles. The van der Waals surface area contributed by atoms with Gasteiger partial charge in [0.1, 0.15) is 10.9 Å². The molecule has 1 aromatic carbocycles. The lowest BCUT2D eigenvalue weighted by Crippen LogP contribution is -2.35. The van der Waals surface area contributed by atoms with E-state index in [2.05, 4.69) is 5.10 Å². The minimum absolute atomic E-state index is 0.203. The number of thiocarbonyl (C=S) groups is 1. The second kappa shape index (κ2) is 8.53. The number of esters is 1. The van der Waals surface area contributed by atoms with Crippen molar-refractivity contribution in [3.63, 3.8) is 0 Å². The van der Waals surface area contributed by atoms with Gasteiger partial charge in [0.15, 0.2) is 6.04 Å². The predicted molar refractivity (Wildman–Crippen MR) is 107 cm³/mol. The third-order valence-electron chi connectivity index (χ3n) is 4.05. The molecule has 2 aliphatic rings. The highest BCUT2D eigenvalue weighted by Gasteiger charge is 2.37. The molecule has 1 N–H and O–H groups in total. The van der Waals surface area contributed by atoms with Crippen LogP contribution >= 0.6 is 24.0 Å². The fourth-order valence-electron chi connectivity index (χ4n) is 2.73. The number of nitrogens with zero attached hydrogens (tertiary/aromatic N) is 3. The van der Waals surface area contributed by atoms with E-state index in [0.29, 0.717) is 5.71 Å². The SMILES string of the molecule is CCOC(=O)CN1C(=O)/C(=C/N2N=C(c3ccccc3)C[C@H]2C(=O)O)SC1=S. The van der Waals surface area contributed by atoms with Crippen molar-refractivity contribution >= 4 is 51.9 Å². The number of carbonyl (C=O) groups is 3. The van der Waals surface area contributed by atoms with Crippen molar-refractivity contribution in [1.82, 2.24) is 9.91 Å². The number of hydrogen-bond donors (Lipinski definition) is 1. The van der Waals surface area contributed by atoms with Gasteiger partial charge in [-0.25, -0.2) is 4.79 Å². The Kier molecular flexibility index (Phi) is 6.10. The summed E-state index contributed by atoms with van der Waals surface area (Å²) in [6.07, 6.45) is 1.58. The molecule has 0 bridgehead atoms. The minimum atomic E-state index is -1.05. The van der Waals surface area contributed by atoms with Crippen molar-refractivity contribution in [3.8, 4) is 0 Å². The van der Waals surface area contributed by atoms with E-state index in [4.69, 9.17) is 17.0 Å². The number of carbonyl (C=O) groups excluding carboxylic acids is 2. The van der Waals surface area contributed by atoms with E-state index in [1.54, 1.807) is 6.92 Å². The summed E-state index contributed by atoms with van der Waals surface area (Å²) >= 11 is 6.16. The van der Waals surface area contributed by atoms with E-state index in [9.17, 15) is 19.5 Å². The van der Waals surface area contributed by atoms with Crippen molar-refractivity contribution < 1.29 is 24.2 Å². The number of carboxylic acid groups (broad SMARTS) is 1. The summed E-state index contributed by atoms with van der Waals surface area (Å²) in [6, 6.07) is 8.32. The molecule has 0 saturated carbocycles. The monoisotopic (exact) mass is 419 g/mol. The number of thioether (sulfide) groups is 1. The van der Waals surface area contributed by atoms with Gasteiger partial charge in [0.2, 0.25) is 0 Å². The molecule has 10 heteroatoms. The van der Waals surface area contributed by atoms with Gasteiger partial charge in [-0.15, -0.1) is 0 Å². The fourth-order valence-corrected chi connectivity index (χ4v) is 3.96. The first-order chi connectivity index (χ1) is 13.4. The number of rotatable bonds is 6. The van der Waals surface area contributed by atoms with Gasteiger partial charge in [-0.3, -0.25) is 19.5 Å². The molecule has 8 nitrogen and oxygen atoms in total. The van der Waals surface area contributed by atoms with Crippen LogP contribution in [0.5, 0.6) is 0 Å². The second-order valence-electron chi connectivity index (χ2n) is 5.91. The van der Waals surface area contributed by atoms with Gasteiger partial charge >= 0.3 is 11.9 Å². The summed E-state index contributed by atoms with van der Waals surface area (Å²) in [4.78, 5) is 37.3. The number of amides is 1. The molecule has 28 heavy (non-hydrogen) atoms. The first-order valence-corrected chi connectivity index (χ1v) is 9.68. The van der Waals surface area contributed by atoms with Crippen LogP contribution in [0.3, 0.4) is 0 Å². The third kappa shape index (κ3) is 4.23. The molecule has 146 valence electrons. The van der Waals surface area contributed by atoms with Gasteiger partial charge in [-0.05, 0) is 12.5 Å². The van der Waals surface area contributed by atoms with E-state index < -0.39 is 23.9 Å². The Morgan fingerprint density at radius 3 is 2.75 bits per heavy atom. The maximum atomic E-state index is 12.6. The average Bonchev–Trinajstić information content (AvgIpc) is 3.20. The molecule has 1 fully saturated rings. The molecule has 0 radical (unpaired) electrons. The van der Waals surface area contributed by atoms with Crippen LogP contribution in [0.1, 0.15) is 18.9 Å². The average molecular weight is 419 g/mol. The molecule has 3 rings (SSSR count). The number of carboxylic acids is 1. The first kappa shape index (κ1) is 20.0. The smallest absolute Gasteiger partial charge is 0.328 e. The van der Waals surface area contributed by atoms with Crippen LogP contribution in [0, 0.1) is 0 Å². The van der Waals surface area contributed by atoms with Crippen molar-refractivity contribution in [3.05, 3.63) is 47.0 Å². The first-order valence-electron chi connectivity index (χ1n) is 8.46. The summed E-state index contributed by atoms with van der Waals surface area (Å²) in [5.41, 5.74) is 1.44. The van der Waals surface area contributed by atoms with Crippen LogP contribution in [0.15, 0.2) is 46.5 Å². The van der Waals surface area contributed by atoms with Gasteiger partial charge < -0.3 is 9.84 Å². The number of aliphatic carboxylic acids is 1. The normalized spacial score (nSPS) is 20.7. The standard InChI is InChI=1S/C18H17N3O5S2/c1-2-26-15(22)10-20-16(23)14(28-18(20)27)9-21-13(17(24)25)8-12(19-21)11-6-4-3-5-7-11/h3-7,9,13H,2,8,10H2,1H3,(H,24,25)/b14-9-/t13-/m0/s1.